The Hall–Kier alpha value is -0.0900. The summed E-state index contributed by atoms with van der Waals surface area (Å²) in [6, 6.07) is 0.185. The Morgan fingerprint density at radius 1 is 1.36 bits per heavy atom. The van der Waals surface area contributed by atoms with Gasteiger partial charge in [0.2, 0.25) is 10.0 Å². The molecule has 66 valence electrons. The average molecular weight is 177 g/mol. The summed E-state index contributed by atoms with van der Waals surface area (Å²) in [6.07, 6.45) is 4.51. The van der Waals surface area contributed by atoms with E-state index >= 15 is 0 Å². The first-order valence-corrected chi connectivity index (χ1v) is 5.85. The van der Waals surface area contributed by atoms with Gasteiger partial charge in [-0.25, -0.2) is 13.1 Å². The van der Waals surface area contributed by atoms with Crippen LogP contribution in [0.15, 0.2) is 0 Å². The second-order valence-electron chi connectivity index (χ2n) is 3.40. The van der Waals surface area contributed by atoms with Crippen LogP contribution in [0.1, 0.15) is 26.2 Å². The number of nitrogens with one attached hydrogen (secondary N) is 1. The van der Waals surface area contributed by atoms with Gasteiger partial charge in [0.1, 0.15) is 0 Å². The molecule has 2 atom stereocenters. The summed E-state index contributed by atoms with van der Waals surface area (Å²) in [5.74, 6) is 0.504. The highest BCUT2D eigenvalue weighted by Gasteiger charge is 2.25. The monoisotopic (exact) mass is 177 g/mol. The Balaban J connectivity index is 2.50. The summed E-state index contributed by atoms with van der Waals surface area (Å²) in [5, 5.41) is 0. The first-order chi connectivity index (χ1) is 4.99. The molecular weight excluding hydrogens is 162 g/mol. The van der Waals surface area contributed by atoms with E-state index in [4.69, 9.17) is 0 Å². The molecule has 1 N–H and O–H groups in total. The van der Waals surface area contributed by atoms with Crippen molar-refractivity contribution in [1.29, 1.82) is 0 Å². The molecule has 4 heteroatoms. The summed E-state index contributed by atoms with van der Waals surface area (Å²) in [7, 11) is -2.99. The van der Waals surface area contributed by atoms with E-state index in [9.17, 15) is 8.42 Å². The Morgan fingerprint density at radius 3 is 2.36 bits per heavy atom. The van der Waals surface area contributed by atoms with E-state index in [2.05, 4.69) is 11.6 Å². The van der Waals surface area contributed by atoms with Gasteiger partial charge in [-0.2, -0.15) is 0 Å². The van der Waals surface area contributed by atoms with Gasteiger partial charge >= 0.3 is 0 Å². The highest BCUT2D eigenvalue weighted by atomic mass is 32.2. The Morgan fingerprint density at radius 2 is 2.00 bits per heavy atom. The molecule has 2 unspecified atom stereocenters. The third-order valence-electron chi connectivity index (χ3n) is 2.23. The predicted molar refractivity (Wildman–Crippen MR) is 44.8 cm³/mol. The van der Waals surface area contributed by atoms with Crippen LogP contribution < -0.4 is 4.72 Å². The molecule has 11 heavy (non-hydrogen) atoms. The van der Waals surface area contributed by atoms with Gasteiger partial charge < -0.3 is 0 Å². The number of sulfonamides is 1. The zero-order valence-electron chi connectivity index (χ0n) is 7.00. The van der Waals surface area contributed by atoms with Gasteiger partial charge in [0.15, 0.2) is 0 Å². The van der Waals surface area contributed by atoms with E-state index < -0.39 is 10.0 Å². The van der Waals surface area contributed by atoms with Gasteiger partial charge in [-0.05, 0) is 18.8 Å². The van der Waals surface area contributed by atoms with Crippen LogP contribution in [0.5, 0.6) is 0 Å². The molecule has 0 spiro atoms. The molecule has 1 saturated carbocycles. The van der Waals surface area contributed by atoms with Crippen LogP contribution in [0.2, 0.25) is 0 Å². The molecule has 1 aliphatic carbocycles. The maximum atomic E-state index is 10.8. The highest BCUT2D eigenvalue weighted by Crippen LogP contribution is 2.24. The Labute approximate surface area is 68.2 Å². The van der Waals surface area contributed by atoms with Crippen molar-refractivity contribution in [1.82, 2.24) is 4.72 Å². The topological polar surface area (TPSA) is 46.2 Å². The fraction of sp³-hybridized carbons (Fsp3) is 1.00. The lowest BCUT2D eigenvalue weighted by atomic mass is 10.1. The van der Waals surface area contributed by atoms with Crippen molar-refractivity contribution in [2.24, 2.45) is 5.92 Å². The summed E-state index contributed by atoms with van der Waals surface area (Å²) >= 11 is 0. The minimum absolute atomic E-state index is 0.185. The van der Waals surface area contributed by atoms with Gasteiger partial charge in [-0.3, -0.25) is 0 Å². The molecule has 0 saturated heterocycles. The van der Waals surface area contributed by atoms with Crippen molar-refractivity contribution in [3.63, 3.8) is 0 Å². The fourth-order valence-electron chi connectivity index (χ4n) is 1.60. The highest BCUT2D eigenvalue weighted by molar-refractivity contribution is 7.88. The molecule has 0 amide bonds. The lowest BCUT2D eigenvalue weighted by Gasteiger charge is -2.14. The van der Waals surface area contributed by atoms with E-state index in [0.29, 0.717) is 5.92 Å². The van der Waals surface area contributed by atoms with Crippen LogP contribution in [0.25, 0.3) is 0 Å². The molecule has 0 aromatic carbocycles. The third-order valence-corrected chi connectivity index (χ3v) is 2.96. The molecule has 0 aromatic heterocycles. The van der Waals surface area contributed by atoms with Crippen molar-refractivity contribution in [3.05, 3.63) is 0 Å². The zero-order chi connectivity index (χ0) is 8.48. The van der Waals surface area contributed by atoms with Gasteiger partial charge in [0, 0.05) is 6.04 Å². The van der Waals surface area contributed by atoms with E-state index in [1.54, 1.807) is 0 Å². The summed E-state index contributed by atoms with van der Waals surface area (Å²) < 4.78 is 24.3. The van der Waals surface area contributed by atoms with Crippen LogP contribution in [-0.2, 0) is 10.0 Å². The SMILES string of the molecule is CC1CCCC1NS(C)(=O)=O. The molecule has 0 aliphatic heterocycles. The molecule has 1 fully saturated rings. The normalized spacial score (nSPS) is 32.5. The van der Waals surface area contributed by atoms with Gasteiger partial charge in [-0.1, -0.05) is 13.3 Å². The summed E-state index contributed by atoms with van der Waals surface area (Å²) in [6.45, 7) is 2.09. The molecule has 1 rings (SSSR count). The lowest BCUT2D eigenvalue weighted by Crippen LogP contribution is -2.35. The van der Waals surface area contributed by atoms with Gasteiger partial charge in [0.25, 0.3) is 0 Å². The quantitative estimate of drug-likeness (QED) is 0.675. The largest absolute Gasteiger partial charge is 0.213 e. The van der Waals surface area contributed by atoms with Crippen molar-refractivity contribution in [2.45, 2.75) is 32.2 Å². The first-order valence-electron chi connectivity index (χ1n) is 3.96. The van der Waals surface area contributed by atoms with Crippen molar-refractivity contribution in [2.75, 3.05) is 6.26 Å². The number of rotatable bonds is 2. The maximum absolute atomic E-state index is 10.8. The minimum Gasteiger partial charge on any atom is -0.213 e. The lowest BCUT2D eigenvalue weighted by molar-refractivity contribution is 0.478. The van der Waals surface area contributed by atoms with Crippen LogP contribution in [0, 0.1) is 5.92 Å². The minimum atomic E-state index is -2.99. The molecule has 3 nitrogen and oxygen atoms in total. The van der Waals surface area contributed by atoms with Crippen LogP contribution in [-0.4, -0.2) is 20.7 Å². The molecule has 0 radical (unpaired) electrons. The second kappa shape index (κ2) is 3.11. The number of hydrogen-bond acceptors (Lipinski definition) is 2. The number of hydrogen-bond donors (Lipinski definition) is 1. The van der Waals surface area contributed by atoms with Crippen molar-refractivity contribution in [3.8, 4) is 0 Å². The average Bonchev–Trinajstić information content (AvgIpc) is 2.12. The molecular formula is C7H15NO2S. The Bertz CT molecular complexity index is 223. The maximum Gasteiger partial charge on any atom is 0.208 e. The van der Waals surface area contributed by atoms with E-state index in [1.165, 1.54) is 6.26 Å². The van der Waals surface area contributed by atoms with Crippen molar-refractivity contribution >= 4 is 10.0 Å². The van der Waals surface area contributed by atoms with Crippen LogP contribution in [0.3, 0.4) is 0 Å². The Kier molecular flexibility index (Phi) is 2.54. The summed E-state index contributed by atoms with van der Waals surface area (Å²) in [5.41, 5.74) is 0. The first kappa shape index (κ1) is 9.00. The third kappa shape index (κ3) is 2.79. The van der Waals surface area contributed by atoms with E-state index in [-0.39, 0.29) is 6.04 Å². The predicted octanol–water partition coefficient (Wildman–Crippen LogP) is 0.724. The van der Waals surface area contributed by atoms with Crippen molar-refractivity contribution < 1.29 is 8.42 Å². The second-order valence-corrected chi connectivity index (χ2v) is 5.18. The fourth-order valence-corrected chi connectivity index (χ4v) is 2.50. The summed E-state index contributed by atoms with van der Waals surface area (Å²) in [4.78, 5) is 0. The molecule has 1 aliphatic rings. The van der Waals surface area contributed by atoms with Crippen LogP contribution >= 0.6 is 0 Å². The standard InChI is InChI=1S/C7H15NO2S/c1-6-4-3-5-7(6)8-11(2,9)10/h6-8H,3-5H2,1-2H3. The van der Waals surface area contributed by atoms with Crippen LogP contribution in [0.4, 0.5) is 0 Å². The molecule has 0 heterocycles. The van der Waals surface area contributed by atoms with E-state index in [1.807, 2.05) is 0 Å². The molecule has 0 bridgehead atoms. The van der Waals surface area contributed by atoms with E-state index in [0.717, 1.165) is 19.3 Å². The smallest absolute Gasteiger partial charge is 0.208 e. The van der Waals surface area contributed by atoms with Gasteiger partial charge in [0.05, 0.1) is 6.26 Å². The molecule has 0 aromatic rings. The zero-order valence-corrected chi connectivity index (χ0v) is 7.82. The van der Waals surface area contributed by atoms with Gasteiger partial charge in [-0.15, -0.1) is 0 Å².